The molecule has 1 N–H and O–H groups in total. The van der Waals surface area contributed by atoms with Crippen LogP contribution in [0.5, 0.6) is 0 Å². The quantitative estimate of drug-likeness (QED) is 0.586. The predicted octanol–water partition coefficient (Wildman–Crippen LogP) is 2.60. The van der Waals surface area contributed by atoms with E-state index in [2.05, 4.69) is 20.3 Å². The number of halogens is 2. The Kier molecular flexibility index (Phi) is 5.35. The van der Waals surface area contributed by atoms with Crippen molar-refractivity contribution in [2.45, 2.75) is 13.3 Å². The highest BCUT2D eigenvalue weighted by Crippen LogP contribution is 2.27. The number of anilines is 1. The molecule has 1 aromatic carbocycles. The van der Waals surface area contributed by atoms with Crippen molar-refractivity contribution < 1.29 is 19.0 Å². The van der Waals surface area contributed by atoms with Crippen molar-refractivity contribution in [1.29, 1.82) is 0 Å². The first-order valence-electron chi connectivity index (χ1n) is 6.07. The Balaban J connectivity index is 2.24. The van der Waals surface area contributed by atoms with Crippen molar-refractivity contribution in [3.8, 4) is 0 Å². The lowest BCUT2D eigenvalue weighted by molar-refractivity contribution is -0.115. The van der Waals surface area contributed by atoms with E-state index in [9.17, 15) is 9.59 Å². The van der Waals surface area contributed by atoms with Crippen molar-refractivity contribution in [2.24, 2.45) is 0 Å². The molecule has 22 heavy (non-hydrogen) atoms. The molecule has 2 rings (SSSR count). The normalized spacial score (nSPS) is 10.4. The highest BCUT2D eigenvalue weighted by Gasteiger charge is 2.18. The summed E-state index contributed by atoms with van der Waals surface area (Å²) in [6.07, 6.45) is -0.0282. The molecule has 0 radical (unpaired) electrons. The average molecular weight is 436 g/mol. The highest BCUT2D eigenvalue weighted by atomic mass is 127. The monoisotopic (exact) mass is 435 g/mol. The number of nitrogens with one attached hydrogen (secondary N) is 1. The number of esters is 1. The van der Waals surface area contributed by atoms with E-state index in [1.54, 1.807) is 13.0 Å². The molecule has 0 spiro atoms. The number of ether oxygens (including phenoxy) is 1. The summed E-state index contributed by atoms with van der Waals surface area (Å²) in [5.74, 6) is -0.939. The molecule has 0 fully saturated rings. The molecule has 2 aromatic rings. The van der Waals surface area contributed by atoms with E-state index >= 15 is 0 Å². The van der Waals surface area contributed by atoms with Gasteiger partial charge in [-0.25, -0.2) is 9.42 Å². The van der Waals surface area contributed by atoms with Gasteiger partial charge in [-0.3, -0.25) is 4.79 Å². The number of aryl methyl sites for hydroxylation is 1. The summed E-state index contributed by atoms with van der Waals surface area (Å²) >= 11 is 8.03. The molecular weight excluding hydrogens is 425 g/mol. The second kappa shape index (κ2) is 7.05. The first kappa shape index (κ1) is 16.7. The van der Waals surface area contributed by atoms with Gasteiger partial charge in [0.15, 0.2) is 0 Å². The number of carbonyl (C=O) groups is 2. The standard InChI is InChI=1S/C13H11ClIN3O4/c1-6-10(18-22-17-6)5-12(19)16-11-4-8(14)9(15)3-7(11)13(20)21-2/h3-4H,5H2,1-2H3,(H,16,19). The van der Waals surface area contributed by atoms with E-state index in [1.807, 2.05) is 22.6 Å². The third kappa shape index (κ3) is 3.74. The number of amides is 1. The number of aromatic nitrogens is 2. The first-order valence-corrected chi connectivity index (χ1v) is 7.53. The topological polar surface area (TPSA) is 94.3 Å². The fourth-order valence-corrected chi connectivity index (χ4v) is 2.32. The maximum Gasteiger partial charge on any atom is 0.340 e. The lowest BCUT2D eigenvalue weighted by atomic mass is 10.1. The average Bonchev–Trinajstić information content (AvgIpc) is 2.87. The number of rotatable bonds is 4. The summed E-state index contributed by atoms with van der Waals surface area (Å²) in [7, 11) is 1.26. The van der Waals surface area contributed by atoms with Crippen LogP contribution in [0.3, 0.4) is 0 Å². The van der Waals surface area contributed by atoms with E-state index < -0.39 is 5.97 Å². The third-order valence-electron chi connectivity index (χ3n) is 2.81. The number of methoxy groups -OCH3 is 1. The van der Waals surface area contributed by atoms with Crippen LogP contribution in [-0.2, 0) is 16.0 Å². The van der Waals surface area contributed by atoms with Crippen LogP contribution >= 0.6 is 34.2 Å². The lowest BCUT2D eigenvalue weighted by Gasteiger charge is -2.11. The maximum atomic E-state index is 12.1. The predicted molar refractivity (Wildman–Crippen MR) is 86.9 cm³/mol. The zero-order valence-corrected chi connectivity index (χ0v) is 14.6. The van der Waals surface area contributed by atoms with Crippen LogP contribution in [0.2, 0.25) is 5.02 Å². The van der Waals surface area contributed by atoms with Gasteiger partial charge in [-0.2, -0.15) is 0 Å². The Bertz CT molecular complexity index is 732. The van der Waals surface area contributed by atoms with Gasteiger partial charge >= 0.3 is 5.97 Å². The second-order valence-electron chi connectivity index (χ2n) is 4.32. The molecule has 0 aliphatic carbocycles. The molecule has 0 saturated heterocycles. The van der Waals surface area contributed by atoms with Gasteiger partial charge < -0.3 is 10.1 Å². The van der Waals surface area contributed by atoms with Crippen LogP contribution in [0.4, 0.5) is 5.69 Å². The number of carbonyl (C=O) groups excluding carboxylic acids is 2. The van der Waals surface area contributed by atoms with Crippen LogP contribution < -0.4 is 5.32 Å². The van der Waals surface area contributed by atoms with E-state index in [-0.39, 0.29) is 23.6 Å². The van der Waals surface area contributed by atoms with Gasteiger partial charge in [0.2, 0.25) is 5.91 Å². The molecule has 1 heterocycles. The van der Waals surface area contributed by atoms with Crippen molar-refractivity contribution in [2.75, 3.05) is 12.4 Å². The summed E-state index contributed by atoms with van der Waals surface area (Å²) < 4.78 is 9.91. The lowest BCUT2D eigenvalue weighted by Crippen LogP contribution is -2.18. The fourth-order valence-electron chi connectivity index (χ4n) is 1.69. The summed E-state index contributed by atoms with van der Waals surface area (Å²) in [4.78, 5) is 23.9. The van der Waals surface area contributed by atoms with Crippen LogP contribution in [0.25, 0.3) is 0 Å². The van der Waals surface area contributed by atoms with Crippen LogP contribution in [0.1, 0.15) is 21.7 Å². The first-order chi connectivity index (χ1) is 10.4. The molecule has 0 saturated carbocycles. The molecule has 0 unspecified atom stereocenters. The molecule has 116 valence electrons. The second-order valence-corrected chi connectivity index (χ2v) is 5.89. The Hall–Kier alpha value is -1.68. The zero-order chi connectivity index (χ0) is 16.3. The van der Waals surface area contributed by atoms with Gasteiger partial charge in [0, 0.05) is 3.57 Å². The van der Waals surface area contributed by atoms with Crippen LogP contribution in [0.15, 0.2) is 16.8 Å². The van der Waals surface area contributed by atoms with E-state index in [0.29, 0.717) is 20.0 Å². The van der Waals surface area contributed by atoms with Gasteiger partial charge in [0.1, 0.15) is 11.4 Å². The number of hydrogen-bond donors (Lipinski definition) is 1. The molecule has 0 aliphatic heterocycles. The summed E-state index contributed by atoms with van der Waals surface area (Å²) in [5, 5.41) is 10.3. The number of nitrogens with zero attached hydrogens (tertiary/aromatic N) is 2. The zero-order valence-electron chi connectivity index (χ0n) is 11.6. The summed E-state index contributed by atoms with van der Waals surface area (Å²) in [5.41, 5.74) is 1.45. The Morgan fingerprint density at radius 2 is 2.14 bits per heavy atom. The van der Waals surface area contributed by atoms with Crippen LogP contribution in [-0.4, -0.2) is 29.3 Å². The van der Waals surface area contributed by atoms with Crippen molar-refractivity contribution in [1.82, 2.24) is 10.3 Å². The fraction of sp³-hybridized carbons (Fsp3) is 0.231. The van der Waals surface area contributed by atoms with Gasteiger partial charge in [0.05, 0.1) is 29.8 Å². The molecule has 0 aliphatic rings. The molecular formula is C13H11ClIN3O4. The van der Waals surface area contributed by atoms with E-state index in [0.717, 1.165) is 0 Å². The van der Waals surface area contributed by atoms with Crippen molar-refractivity contribution >= 4 is 51.8 Å². The Labute approximate surface area is 144 Å². The number of benzene rings is 1. The molecule has 1 amide bonds. The van der Waals surface area contributed by atoms with E-state index in [4.69, 9.17) is 16.3 Å². The minimum atomic E-state index is -0.566. The Morgan fingerprint density at radius 3 is 2.73 bits per heavy atom. The summed E-state index contributed by atoms with van der Waals surface area (Å²) in [6, 6.07) is 3.05. The molecule has 0 bridgehead atoms. The number of hydrogen-bond acceptors (Lipinski definition) is 6. The highest BCUT2D eigenvalue weighted by molar-refractivity contribution is 14.1. The van der Waals surface area contributed by atoms with E-state index in [1.165, 1.54) is 13.2 Å². The minimum absolute atomic E-state index is 0.0282. The maximum absolute atomic E-state index is 12.1. The molecule has 9 heteroatoms. The van der Waals surface area contributed by atoms with Crippen molar-refractivity contribution in [3.63, 3.8) is 0 Å². The van der Waals surface area contributed by atoms with Gasteiger partial charge in [0.25, 0.3) is 0 Å². The molecule has 1 aromatic heterocycles. The molecule has 7 nitrogen and oxygen atoms in total. The minimum Gasteiger partial charge on any atom is -0.465 e. The summed E-state index contributed by atoms with van der Waals surface area (Å²) in [6.45, 7) is 1.68. The third-order valence-corrected chi connectivity index (χ3v) is 4.34. The largest absolute Gasteiger partial charge is 0.465 e. The van der Waals surface area contributed by atoms with Gasteiger partial charge in [-0.15, -0.1) is 0 Å². The molecule has 0 atom stereocenters. The van der Waals surface area contributed by atoms with Gasteiger partial charge in [-0.05, 0) is 41.6 Å². The smallest absolute Gasteiger partial charge is 0.340 e. The Morgan fingerprint density at radius 1 is 1.41 bits per heavy atom. The van der Waals surface area contributed by atoms with Crippen LogP contribution in [0, 0.1) is 10.5 Å². The van der Waals surface area contributed by atoms with Crippen molar-refractivity contribution in [3.05, 3.63) is 37.7 Å². The SMILES string of the molecule is COC(=O)c1cc(I)c(Cl)cc1NC(=O)Cc1nonc1C. The van der Waals surface area contributed by atoms with Gasteiger partial charge in [-0.1, -0.05) is 21.9 Å².